The molecule has 1 heterocycles. The van der Waals surface area contributed by atoms with Crippen LogP contribution in [0.1, 0.15) is 11.8 Å². The van der Waals surface area contributed by atoms with Gasteiger partial charge in [0.2, 0.25) is 0 Å². The largest absolute Gasteiger partial charge is 0.489 e. The number of rotatable bonds is 6. The zero-order valence-corrected chi connectivity index (χ0v) is 11.8. The molecule has 0 amide bonds. The molecule has 0 saturated carbocycles. The summed E-state index contributed by atoms with van der Waals surface area (Å²) in [5.41, 5.74) is 0. The molecule has 1 unspecified atom stereocenters. The second kappa shape index (κ2) is 6.78. The molecular formula is C14H16ClNOS. The van der Waals surface area contributed by atoms with Gasteiger partial charge in [-0.25, -0.2) is 0 Å². The van der Waals surface area contributed by atoms with Crippen LogP contribution >= 0.6 is 22.9 Å². The van der Waals surface area contributed by atoms with Crippen LogP contribution in [-0.2, 0) is 6.54 Å². The maximum Gasteiger partial charge on any atom is 0.119 e. The molecule has 18 heavy (non-hydrogen) atoms. The van der Waals surface area contributed by atoms with Crippen LogP contribution in [0.4, 0.5) is 0 Å². The molecule has 0 aliphatic heterocycles. The molecule has 2 nitrogen and oxygen atoms in total. The molecule has 2 rings (SSSR count). The van der Waals surface area contributed by atoms with Gasteiger partial charge in [-0.2, -0.15) is 0 Å². The van der Waals surface area contributed by atoms with Crippen LogP contribution in [0.25, 0.3) is 0 Å². The van der Waals surface area contributed by atoms with Gasteiger partial charge in [0.05, 0.1) is 0 Å². The van der Waals surface area contributed by atoms with Gasteiger partial charge in [0, 0.05) is 23.0 Å². The van der Waals surface area contributed by atoms with Crippen molar-refractivity contribution in [1.82, 2.24) is 5.32 Å². The Hall–Kier alpha value is -1.03. The summed E-state index contributed by atoms with van der Waals surface area (Å²) in [5, 5.41) is 6.19. The van der Waals surface area contributed by atoms with E-state index in [2.05, 4.69) is 29.8 Å². The smallest absolute Gasteiger partial charge is 0.119 e. The third-order valence-electron chi connectivity index (χ3n) is 2.46. The SMILES string of the molecule is CC(CNCc1cccs1)Oc1ccc(Cl)cc1. The molecule has 0 aliphatic rings. The quantitative estimate of drug-likeness (QED) is 0.865. The number of halogens is 1. The van der Waals surface area contributed by atoms with E-state index in [1.807, 2.05) is 24.3 Å². The first-order valence-corrected chi connectivity index (χ1v) is 7.15. The molecular weight excluding hydrogens is 266 g/mol. The second-order valence-electron chi connectivity index (χ2n) is 4.09. The normalized spacial score (nSPS) is 12.3. The summed E-state index contributed by atoms with van der Waals surface area (Å²) in [6, 6.07) is 11.6. The Bertz CT molecular complexity index is 455. The van der Waals surface area contributed by atoms with E-state index in [0.29, 0.717) is 0 Å². The number of hydrogen-bond acceptors (Lipinski definition) is 3. The second-order valence-corrected chi connectivity index (χ2v) is 5.56. The lowest BCUT2D eigenvalue weighted by molar-refractivity contribution is 0.217. The van der Waals surface area contributed by atoms with Crippen LogP contribution in [0.2, 0.25) is 5.02 Å². The molecule has 4 heteroatoms. The van der Waals surface area contributed by atoms with Crippen LogP contribution in [0, 0.1) is 0 Å². The van der Waals surface area contributed by atoms with Gasteiger partial charge >= 0.3 is 0 Å². The van der Waals surface area contributed by atoms with Gasteiger partial charge < -0.3 is 10.1 Å². The minimum atomic E-state index is 0.131. The number of ether oxygens (including phenoxy) is 1. The van der Waals surface area contributed by atoms with Crippen LogP contribution in [0.3, 0.4) is 0 Å². The van der Waals surface area contributed by atoms with E-state index in [-0.39, 0.29) is 6.10 Å². The van der Waals surface area contributed by atoms with E-state index >= 15 is 0 Å². The number of benzene rings is 1. The fraction of sp³-hybridized carbons (Fsp3) is 0.286. The van der Waals surface area contributed by atoms with Crippen molar-refractivity contribution >= 4 is 22.9 Å². The van der Waals surface area contributed by atoms with Gasteiger partial charge in [0.1, 0.15) is 11.9 Å². The van der Waals surface area contributed by atoms with E-state index in [1.54, 1.807) is 11.3 Å². The van der Waals surface area contributed by atoms with Crippen molar-refractivity contribution in [2.75, 3.05) is 6.54 Å². The summed E-state index contributed by atoms with van der Waals surface area (Å²) in [4.78, 5) is 1.34. The Morgan fingerprint density at radius 2 is 2.06 bits per heavy atom. The monoisotopic (exact) mass is 281 g/mol. The summed E-state index contributed by atoms with van der Waals surface area (Å²) < 4.78 is 5.77. The summed E-state index contributed by atoms with van der Waals surface area (Å²) in [5.74, 6) is 0.852. The molecule has 96 valence electrons. The summed E-state index contributed by atoms with van der Waals surface area (Å²) in [7, 11) is 0. The molecule has 0 saturated heterocycles. The molecule has 0 aliphatic carbocycles. The number of hydrogen-bond donors (Lipinski definition) is 1. The van der Waals surface area contributed by atoms with Crippen molar-refractivity contribution in [2.24, 2.45) is 0 Å². The first-order valence-electron chi connectivity index (χ1n) is 5.89. The molecule has 0 fully saturated rings. The molecule has 0 radical (unpaired) electrons. The molecule has 0 bridgehead atoms. The lowest BCUT2D eigenvalue weighted by atomic mass is 10.3. The molecule has 1 atom stereocenters. The minimum Gasteiger partial charge on any atom is -0.489 e. The fourth-order valence-electron chi connectivity index (χ4n) is 1.60. The standard InChI is InChI=1S/C14H16ClNOS/c1-11(9-16-10-14-3-2-8-18-14)17-13-6-4-12(15)5-7-13/h2-8,11,16H,9-10H2,1H3. The van der Waals surface area contributed by atoms with Gasteiger partial charge in [-0.3, -0.25) is 0 Å². The van der Waals surface area contributed by atoms with Crippen LogP contribution in [0.5, 0.6) is 5.75 Å². The maximum absolute atomic E-state index is 5.82. The predicted molar refractivity (Wildman–Crippen MR) is 77.6 cm³/mol. The van der Waals surface area contributed by atoms with Crippen LogP contribution < -0.4 is 10.1 Å². The van der Waals surface area contributed by atoms with Gasteiger partial charge in [-0.1, -0.05) is 17.7 Å². The third kappa shape index (κ3) is 4.33. The lowest BCUT2D eigenvalue weighted by Gasteiger charge is -2.15. The maximum atomic E-state index is 5.82. The van der Waals surface area contributed by atoms with Crippen molar-refractivity contribution in [3.05, 3.63) is 51.7 Å². The van der Waals surface area contributed by atoms with E-state index in [1.165, 1.54) is 4.88 Å². The van der Waals surface area contributed by atoms with E-state index in [9.17, 15) is 0 Å². The predicted octanol–water partition coefficient (Wildman–Crippen LogP) is 3.96. The van der Waals surface area contributed by atoms with Crippen molar-refractivity contribution < 1.29 is 4.74 Å². The van der Waals surface area contributed by atoms with Crippen molar-refractivity contribution in [2.45, 2.75) is 19.6 Å². The Labute approximate surface area is 117 Å². The zero-order valence-electron chi connectivity index (χ0n) is 10.2. The van der Waals surface area contributed by atoms with Gasteiger partial charge in [-0.15, -0.1) is 11.3 Å². The van der Waals surface area contributed by atoms with Crippen molar-refractivity contribution in [3.63, 3.8) is 0 Å². The molecule has 1 aromatic heterocycles. The lowest BCUT2D eigenvalue weighted by Crippen LogP contribution is -2.28. The average molecular weight is 282 g/mol. The molecule has 2 aromatic rings. The Morgan fingerprint density at radius 1 is 1.28 bits per heavy atom. The number of nitrogens with one attached hydrogen (secondary N) is 1. The summed E-state index contributed by atoms with van der Waals surface area (Å²) in [6.07, 6.45) is 0.131. The highest BCUT2D eigenvalue weighted by molar-refractivity contribution is 7.09. The zero-order chi connectivity index (χ0) is 12.8. The minimum absolute atomic E-state index is 0.131. The van der Waals surface area contributed by atoms with Crippen molar-refractivity contribution in [1.29, 1.82) is 0 Å². The summed E-state index contributed by atoms with van der Waals surface area (Å²) in [6.45, 7) is 3.77. The van der Waals surface area contributed by atoms with Gasteiger partial charge in [-0.05, 0) is 42.6 Å². The van der Waals surface area contributed by atoms with E-state index in [0.717, 1.165) is 23.9 Å². The van der Waals surface area contributed by atoms with Crippen LogP contribution in [-0.4, -0.2) is 12.6 Å². The van der Waals surface area contributed by atoms with E-state index in [4.69, 9.17) is 16.3 Å². The topological polar surface area (TPSA) is 21.3 Å². The molecule has 0 spiro atoms. The highest BCUT2D eigenvalue weighted by Crippen LogP contribution is 2.16. The Kier molecular flexibility index (Phi) is 5.05. The summed E-state index contributed by atoms with van der Waals surface area (Å²) >= 11 is 7.58. The highest BCUT2D eigenvalue weighted by atomic mass is 35.5. The fourth-order valence-corrected chi connectivity index (χ4v) is 2.40. The van der Waals surface area contributed by atoms with Gasteiger partial charge in [0.25, 0.3) is 0 Å². The van der Waals surface area contributed by atoms with Crippen LogP contribution in [0.15, 0.2) is 41.8 Å². The third-order valence-corrected chi connectivity index (χ3v) is 3.59. The first kappa shape index (κ1) is 13.4. The average Bonchev–Trinajstić information content (AvgIpc) is 2.85. The van der Waals surface area contributed by atoms with E-state index < -0.39 is 0 Å². The van der Waals surface area contributed by atoms with Crippen molar-refractivity contribution in [3.8, 4) is 5.75 Å². The molecule has 1 aromatic carbocycles. The number of thiophene rings is 1. The highest BCUT2D eigenvalue weighted by Gasteiger charge is 2.03. The van der Waals surface area contributed by atoms with Gasteiger partial charge in [0.15, 0.2) is 0 Å². The molecule has 1 N–H and O–H groups in total. The Morgan fingerprint density at radius 3 is 2.72 bits per heavy atom. The first-order chi connectivity index (χ1) is 8.74. The Balaban J connectivity index is 1.71.